The Balaban J connectivity index is 1.41. The van der Waals surface area contributed by atoms with Gasteiger partial charge in [-0.25, -0.2) is 4.79 Å². The molecule has 1 saturated heterocycles. The van der Waals surface area contributed by atoms with Crippen LogP contribution in [-0.2, 0) is 9.53 Å². The third-order valence-corrected chi connectivity index (χ3v) is 6.03. The fourth-order valence-corrected chi connectivity index (χ4v) is 4.32. The van der Waals surface area contributed by atoms with E-state index in [1.54, 1.807) is 7.05 Å². The summed E-state index contributed by atoms with van der Waals surface area (Å²) in [4.78, 5) is 33.2. The van der Waals surface area contributed by atoms with Crippen LogP contribution in [0.1, 0.15) is 65.7 Å². The highest BCUT2D eigenvalue weighted by molar-refractivity contribution is 5.81. The molecule has 0 aromatic carbocycles. The van der Waals surface area contributed by atoms with Gasteiger partial charge in [-0.05, 0) is 52.9 Å². The highest BCUT2D eigenvalue weighted by atomic mass is 16.6. The topological polar surface area (TPSA) is 86.3 Å². The average molecular weight is 422 g/mol. The van der Waals surface area contributed by atoms with E-state index in [1.807, 2.05) is 30.6 Å². The van der Waals surface area contributed by atoms with Crippen molar-refractivity contribution in [3.8, 4) is 0 Å². The number of ether oxygens (including phenoxy) is 1. The molecule has 0 aromatic heterocycles. The second kappa shape index (κ2) is 9.88. The summed E-state index contributed by atoms with van der Waals surface area (Å²) in [6, 6.07) is 0.508. The monoisotopic (exact) mass is 421 g/mol. The van der Waals surface area contributed by atoms with Gasteiger partial charge < -0.3 is 25.2 Å². The molecule has 8 nitrogen and oxygen atoms in total. The largest absolute Gasteiger partial charge is 0.444 e. The normalized spacial score (nSPS) is 22.9. The molecule has 3 rings (SSSR count). The maximum absolute atomic E-state index is 12.6. The second-order valence-electron chi connectivity index (χ2n) is 9.80. The predicted molar refractivity (Wildman–Crippen MR) is 117 cm³/mol. The summed E-state index contributed by atoms with van der Waals surface area (Å²) in [6.45, 7) is 8.41. The van der Waals surface area contributed by atoms with E-state index in [2.05, 4.69) is 15.6 Å². The van der Waals surface area contributed by atoms with Crippen LogP contribution in [0.4, 0.5) is 4.79 Å². The Hall–Kier alpha value is -1.99. The number of guanidine groups is 1. The van der Waals surface area contributed by atoms with Crippen LogP contribution in [0.25, 0.3) is 0 Å². The minimum atomic E-state index is -0.487. The van der Waals surface area contributed by atoms with E-state index < -0.39 is 5.60 Å². The highest BCUT2D eigenvalue weighted by Gasteiger charge is 2.35. The first-order valence-corrected chi connectivity index (χ1v) is 11.5. The Kier molecular flexibility index (Phi) is 7.47. The lowest BCUT2D eigenvalue weighted by Gasteiger charge is -2.28. The van der Waals surface area contributed by atoms with E-state index in [0.29, 0.717) is 25.0 Å². The van der Waals surface area contributed by atoms with Crippen molar-refractivity contribution in [1.82, 2.24) is 20.4 Å². The van der Waals surface area contributed by atoms with E-state index in [9.17, 15) is 9.59 Å². The first kappa shape index (κ1) is 22.7. The third-order valence-electron chi connectivity index (χ3n) is 6.03. The molecule has 0 spiro atoms. The lowest BCUT2D eigenvalue weighted by Crippen LogP contribution is -2.48. The number of nitrogens with one attached hydrogen (secondary N) is 2. The number of nitrogens with zero attached hydrogens (tertiary/aromatic N) is 3. The first-order valence-electron chi connectivity index (χ1n) is 11.5. The van der Waals surface area contributed by atoms with Gasteiger partial charge in [0.1, 0.15) is 5.60 Å². The van der Waals surface area contributed by atoms with Gasteiger partial charge in [0.25, 0.3) is 0 Å². The number of carbonyl (C=O) groups excluding carboxylic acids is 2. The standard InChI is InChI=1S/C22H39N5O3/c1-22(2,3)30-21(29)27(18-9-10-18)14-12-24-20(23-4)25-17-11-13-26(15-17)19(28)16-7-5-6-8-16/h16-18H,5-15H2,1-4H3,(H2,23,24,25). The van der Waals surface area contributed by atoms with Crippen molar-refractivity contribution in [2.45, 2.75) is 83.4 Å². The smallest absolute Gasteiger partial charge is 0.410 e. The zero-order valence-electron chi connectivity index (χ0n) is 19.1. The Labute approximate surface area is 180 Å². The van der Waals surface area contributed by atoms with Gasteiger partial charge in [0.2, 0.25) is 5.91 Å². The van der Waals surface area contributed by atoms with Gasteiger partial charge in [-0.2, -0.15) is 0 Å². The van der Waals surface area contributed by atoms with E-state index in [0.717, 1.165) is 51.2 Å². The molecule has 0 bridgehead atoms. The van der Waals surface area contributed by atoms with Crippen molar-refractivity contribution in [3.63, 3.8) is 0 Å². The van der Waals surface area contributed by atoms with Crippen LogP contribution < -0.4 is 10.6 Å². The molecular formula is C22H39N5O3. The minimum Gasteiger partial charge on any atom is -0.444 e. The molecule has 170 valence electrons. The summed E-state index contributed by atoms with van der Waals surface area (Å²) in [6.07, 6.45) is 7.24. The van der Waals surface area contributed by atoms with Gasteiger partial charge in [-0.3, -0.25) is 9.79 Å². The Bertz CT molecular complexity index is 635. The van der Waals surface area contributed by atoms with Crippen LogP contribution in [0.15, 0.2) is 4.99 Å². The van der Waals surface area contributed by atoms with Crippen molar-refractivity contribution in [2.75, 3.05) is 33.2 Å². The first-order chi connectivity index (χ1) is 14.3. The predicted octanol–water partition coefficient (Wildman–Crippen LogP) is 2.34. The maximum Gasteiger partial charge on any atom is 0.410 e. The van der Waals surface area contributed by atoms with Gasteiger partial charge in [0.15, 0.2) is 5.96 Å². The zero-order chi connectivity index (χ0) is 21.7. The zero-order valence-corrected chi connectivity index (χ0v) is 19.1. The molecule has 2 saturated carbocycles. The molecule has 30 heavy (non-hydrogen) atoms. The molecule has 1 atom stereocenters. The van der Waals surface area contributed by atoms with E-state index in [4.69, 9.17) is 4.74 Å². The van der Waals surface area contributed by atoms with Crippen molar-refractivity contribution >= 4 is 18.0 Å². The average Bonchev–Trinajstić information content (AvgIpc) is 3.17. The van der Waals surface area contributed by atoms with Crippen molar-refractivity contribution in [2.24, 2.45) is 10.9 Å². The summed E-state index contributed by atoms with van der Waals surface area (Å²) < 4.78 is 5.54. The van der Waals surface area contributed by atoms with Crippen molar-refractivity contribution < 1.29 is 14.3 Å². The summed E-state index contributed by atoms with van der Waals surface area (Å²) in [5.74, 6) is 1.29. The van der Waals surface area contributed by atoms with Gasteiger partial charge in [0, 0.05) is 51.2 Å². The van der Waals surface area contributed by atoms with E-state index in [1.165, 1.54) is 12.8 Å². The fraction of sp³-hybridized carbons (Fsp3) is 0.864. The Morgan fingerprint density at radius 1 is 1.13 bits per heavy atom. The Morgan fingerprint density at radius 3 is 2.43 bits per heavy atom. The molecule has 3 aliphatic rings. The van der Waals surface area contributed by atoms with Crippen LogP contribution in [0.5, 0.6) is 0 Å². The number of likely N-dealkylation sites (tertiary alicyclic amines) is 1. The molecule has 0 radical (unpaired) electrons. The molecule has 8 heteroatoms. The molecule has 1 unspecified atom stereocenters. The fourth-order valence-electron chi connectivity index (χ4n) is 4.32. The number of amides is 2. The molecule has 3 fully saturated rings. The second-order valence-corrected chi connectivity index (χ2v) is 9.80. The van der Waals surface area contributed by atoms with Crippen molar-refractivity contribution in [1.29, 1.82) is 0 Å². The van der Waals surface area contributed by atoms with Gasteiger partial charge >= 0.3 is 6.09 Å². The van der Waals surface area contributed by atoms with Gasteiger partial charge in [-0.1, -0.05) is 12.8 Å². The number of rotatable bonds is 6. The lowest BCUT2D eigenvalue weighted by atomic mass is 10.1. The molecule has 2 N–H and O–H groups in total. The molecular weight excluding hydrogens is 382 g/mol. The molecule has 2 aliphatic carbocycles. The van der Waals surface area contributed by atoms with E-state index in [-0.39, 0.29) is 18.1 Å². The van der Waals surface area contributed by atoms with Gasteiger partial charge in [-0.15, -0.1) is 0 Å². The maximum atomic E-state index is 12.6. The lowest BCUT2D eigenvalue weighted by molar-refractivity contribution is -0.134. The SMILES string of the molecule is CN=C(NCCN(C(=O)OC(C)(C)C)C1CC1)NC1CCN(C(=O)C2CCCC2)C1. The Morgan fingerprint density at radius 2 is 1.83 bits per heavy atom. The van der Waals surface area contributed by atoms with Crippen LogP contribution >= 0.6 is 0 Å². The quantitative estimate of drug-likeness (QED) is 0.508. The number of hydrogen-bond acceptors (Lipinski definition) is 4. The van der Waals surface area contributed by atoms with Crippen LogP contribution in [0.2, 0.25) is 0 Å². The summed E-state index contributed by atoms with van der Waals surface area (Å²) >= 11 is 0. The highest BCUT2D eigenvalue weighted by Crippen LogP contribution is 2.28. The number of carbonyl (C=O) groups is 2. The number of aliphatic imine (C=N–C) groups is 1. The minimum absolute atomic E-state index is 0.215. The summed E-state index contributed by atoms with van der Waals surface area (Å²) in [5.41, 5.74) is -0.487. The van der Waals surface area contributed by atoms with Crippen LogP contribution in [0, 0.1) is 5.92 Å². The third kappa shape index (κ3) is 6.51. The molecule has 2 amide bonds. The van der Waals surface area contributed by atoms with E-state index >= 15 is 0 Å². The molecule has 0 aromatic rings. The molecule has 1 heterocycles. The number of hydrogen-bond donors (Lipinski definition) is 2. The van der Waals surface area contributed by atoms with Crippen molar-refractivity contribution in [3.05, 3.63) is 0 Å². The van der Waals surface area contributed by atoms with Gasteiger partial charge in [0.05, 0.1) is 0 Å². The molecule has 1 aliphatic heterocycles. The van der Waals surface area contributed by atoms with Crippen LogP contribution in [-0.4, -0.2) is 78.7 Å². The summed E-state index contributed by atoms with van der Waals surface area (Å²) in [7, 11) is 1.75. The summed E-state index contributed by atoms with van der Waals surface area (Å²) in [5, 5.41) is 6.75. The van der Waals surface area contributed by atoms with Crippen LogP contribution in [0.3, 0.4) is 0 Å².